The number of anilines is 1. The zero-order valence-electron chi connectivity index (χ0n) is 15.7. The van der Waals surface area contributed by atoms with Crippen LogP contribution in [-0.2, 0) is 10.0 Å². The molecule has 10 nitrogen and oxygen atoms in total. The first-order valence-corrected chi connectivity index (χ1v) is 10.6. The minimum absolute atomic E-state index is 0.0784. The number of fused-ring (bicyclic) bond motifs is 1. The molecule has 11 heteroatoms. The Kier molecular flexibility index (Phi) is 5.01. The van der Waals surface area contributed by atoms with Crippen molar-refractivity contribution in [2.45, 2.75) is 30.7 Å². The summed E-state index contributed by atoms with van der Waals surface area (Å²) in [7, 11) is -3.66. The largest absolute Gasteiger partial charge is 0.454 e. The molecule has 2 aliphatic rings. The van der Waals surface area contributed by atoms with E-state index in [0.29, 0.717) is 43.1 Å². The highest BCUT2D eigenvalue weighted by atomic mass is 32.2. The van der Waals surface area contributed by atoms with Crippen LogP contribution in [0.3, 0.4) is 0 Å². The Bertz CT molecular complexity index is 1050. The Morgan fingerprint density at radius 3 is 2.62 bits per heavy atom. The quantitative estimate of drug-likeness (QED) is 0.577. The number of hydrogen-bond acceptors (Lipinski definition) is 8. The maximum absolute atomic E-state index is 12.9. The molecule has 0 bridgehead atoms. The molecule has 0 aliphatic carbocycles. The van der Waals surface area contributed by atoms with E-state index in [4.69, 9.17) is 9.47 Å². The van der Waals surface area contributed by atoms with Gasteiger partial charge in [0.25, 0.3) is 0 Å². The summed E-state index contributed by atoms with van der Waals surface area (Å²) >= 11 is 0. The lowest BCUT2D eigenvalue weighted by atomic mass is 10.1. The van der Waals surface area contributed by atoms with Crippen LogP contribution in [0.5, 0.6) is 11.5 Å². The van der Waals surface area contributed by atoms with E-state index >= 15 is 0 Å². The van der Waals surface area contributed by atoms with E-state index in [1.807, 2.05) is 0 Å². The minimum atomic E-state index is -3.66. The first kappa shape index (κ1) is 19.4. The van der Waals surface area contributed by atoms with Gasteiger partial charge in [-0.3, -0.25) is 10.1 Å². The van der Waals surface area contributed by atoms with Crippen LogP contribution in [0.25, 0.3) is 0 Å². The Balaban J connectivity index is 1.44. The van der Waals surface area contributed by atoms with E-state index in [9.17, 15) is 18.5 Å². The number of ether oxygens (including phenoxy) is 2. The van der Waals surface area contributed by atoms with Crippen molar-refractivity contribution in [1.82, 2.24) is 9.29 Å². The zero-order chi connectivity index (χ0) is 20.6. The number of nitro groups is 1. The van der Waals surface area contributed by atoms with E-state index < -0.39 is 14.9 Å². The predicted molar refractivity (Wildman–Crippen MR) is 104 cm³/mol. The van der Waals surface area contributed by atoms with Gasteiger partial charge in [-0.1, -0.05) is 0 Å². The molecular weight excluding hydrogens is 400 g/mol. The van der Waals surface area contributed by atoms with Crippen LogP contribution < -0.4 is 14.8 Å². The topological polar surface area (TPSA) is 124 Å². The van der Waals surface area contributed by atoms with E-state index in [1.165, 1.54) is 22.5 Å². The molecule has 0 saturated carbocycles. The number of benzene rings is 1. The van der Waals surface area contributed by atoms with E-state index in [2.05, 4.69) is 10.3 Å². The molecule has 29 heavy (non-hydrogen) atoms. The number of sulfonamides is 1. The van der Waals surface area contributed by atoms with Gasteiger partial charge in [-0.15, -0.1) is 0 Å². The standard InChI is InChI=1S/C18H20N4O6S/c1-12-2-4-15(22(23)24)18(19-12)20-13-6-8-21(9-7-13)29(25,26)14-3-5-16-17(10-14)28-11-27-16/h2-5,10,13H,6-9,11H2,1H3,(H,19,20). The number of aryl methyl sites for hydroxylation is 1. The lowest BCUT2D eigenvalue weighted by Crippen LogP contribution is -2.42. The molecule has 1 N–H and O–H groups in total. The van der Waals surface area contributed by atoms with Gasteiger partial charge in [0.2, 0.25) is 22.6 Å². The summed E-state index contributed by atoms with van der Waals surface area (Å²) in [5.41, 5.74) is 0.576. The van der Waals surface area contributed by atoms with Crippen molar-refractivity contribution in [3.63, 3.8) is 0 Å². The third-order valence-corrected chi connectivity index (χ3v) is 6.88. The number of nitrogens with zero attached hydrogens (tertiary/aromatic N) is 3. The molecule has 4 rings (SSSR count). The predicted octanol–water partition coefficient (Wildman–Crippen LogP) is 2.29. The van der Waals surface area contributed by atoms with Crippen LogP contribution in [0.1, 0.15) is 18.5 Å². The molecule has 2 aromatic rings. The molecule has 0 spiro atoms. The molecule has 1 fully saturated rings. The Labute approximate surface area is 167 Å². The Morgan fingerprint density at radius 2 is 1.90 bits per heavy atom. The van der Waals surface area contributed by atoms with Crippen LogP contribution in [0.15, 0.2) is 35.2 Å². The number of piperidine rings is 1. The van der Waals surface area contributed by atoms with Crippen LogP contribution in [-0.4, -0.2) is 48.6 Å². The lowest BCUT2D eigenvalue weighted by molar-refractivity contribution is -0.384. The van der Waals surface area contributed by atoms with E-state index in [-0.39, 0.29) is 29.2 Å². The highest BCUT2D eigenvalue weighted by molar-refractivity contribution is 7.89. The number of hydrogen-bond donors (Lipinski definition) is 1. The van der Waals surface area contributed by atoms with Crippen LogP contribution in [0, 0.1) is 17.0 Å². The van der Waals surface area contributed by atoms with Gasteiger partial charge in [0.05, 0.1) is 9.82 Å². The Morgan fingerprint density at radius 1 is 1.17 bits per heavy atom. The first-order valence-electron chi connectivity index (χ1n) is 9.13. The summed E-state index contributed by atoms with van der Waals surface area (Å²) in [6.45, 7) is 2.44. The first-order chi connectivity index (χ1) is 13.8. The molecule has 3 heterocycles. The molecule has 2 aliphatic heterocycles. The van der Waals surface area contributed by atoms with E-state index in [1.54, 1.807) is 19.1 Å². The van der Waals surface area contributed by atoms with Crippen LogP contribution in [0.2, 0.25) is 0 Å². The SMILES string of the molecule is Cc1ccc([N+](=O)[O-])c(NC2CCN(S(=O)(=O)c3ccc4c(c3)OCO4)CC2)n1. The summed E-state index contributed by atoms with van der Waals surface area (Å²) in [5.74, 6) is 1.16. The smallest absolute Gasteiger partial charge is 0.311 e. The molecule has 1 aromatic carbocycles. The maximum Gasteiger partial charge on any atom is 0.311 e. The summed E-state index contributed by atoms with van der Waals surface area (Å²) in [4.78, 5) is 15.1. The van der Waals surface area contributed by atoms with Crippen LogP contribution in [0.4, 0.5) is 11.5 Å². The van der Waals surface area contributed by atoms with Gasteiger partial charge in [0, 0.05) is 37.0 Å². The second-order valence-corrected chi connectivity index (χ2v) is 8.85. The molecule has 0 amide bonds. The second-order valence-electron chi connectivity index (χ2n) is 6.92. The third kappa shape index (κ3) is 3.83. The average molecular weight is 420 g/mol. The highest BCUT2D eigenvalue weighted by Crippen LogP contribution is 2.35. The summed E-state index contributed by atoms with van der Waals surface area (Å²) < 4.78 is 37.8. The number of aromatic nitrogens is 1. The highest BCUT2D eigenvalue weighted by Gasteiger charge is 2.31. The third-order valence-electron chi connectivity index (χ3n) is 4.99. The fourth-order valence-electron chi connectivity index (χ4n) is 3.42. The van der Waals surface area contributed by atoms with Crippen molar-refractivity contribution in [2.24, 2.45) is 0 Å². The second kappa shape index (κ2) is 7.48. The van der Waals surface area contributed by atoms with Gasteiger partial charge in [-0.2, -0.15) is 4.31 Å². The van der Waals surface area contributed by atoms with Gasteiger partial charge >= 0.3 is 5.69 Å². The number of nitrogens with one attached hydrogen (secondary N) is 1. The number of pyridine rings is 1. The monoisotopic (exact) mass is 420 g/mol. The van der Waals surface area contributed by atoms with E-state index in [0.717, 1.165) is 0 Å². The molecule has 0 radical (unpaired) electrons. The minimum Gasteiger partial charge on any atom is -0.454 e. The fourth-order valence-corrected chi connectivity index (χ4v) is 4.91. The summed E-state index contributed by atoms with van der Waals surface area (Å²) in [6.07, 6.45) is 1.02. The van der Waals surface area contributed by atoms with Gasteiger partial charge in [0.15, 0.2) is 11.5 Å². The van der Waals surface area contributed by atoms with Crippen molar-refractivity contribution in [3.8, 4) is 11.5 Å². The zero-order valence-corrected chi connectivity index (χ0v) is 16.5. The van der Waals surface area contributed by atoms with Crippen molar-refractivity contribution < 1.29 is 22.8 Å². The van der Waals surface area contributed by atoms with Crippen molar-refractivity contribution in [3.05, 3.63) is 46.1 Å². The number of rotatable bonds is 5. The van der Waals surface area contributed by atoms with Gasteiger partial charge in [0.1, 0.15) is 0 Å². The molecule has 1 saturated heterocycles. The maximum atomic E-state index is 12.9. The molecule has 0 atom stereocenters. The van der Waals surface area contributed by atoms with Crippen molar-refractivity contribution in [2.75, 3.05) is 25.2 Å². The summed E-state index contributed by atoms with van der Waals surface area (Å²) in [5, 5.41) is 14.3. The van der Waals surface area contributed by atoms with Gasteiger partial charge in [-0.25, -0.2) is 13.4 Å². The van der Waals surface area contributed by atoms with Crippen molar-refractivity contribution >= 4 is 21.5 Å². The molecule has 1 aromatic heterocycles. The fraction of sp³-hybridized carbons (Fsp3) is 0.389. The molecule has 0 unspecified atom stereocenters. The van der Waals surface area contributed by atoms with Gasteiger partial charge in [-0.05, 0) is 38.0 Å². The average Bonchev–Trinajstić information content (AvgIpc) is 3.16. The van der Waals surface area contributed by atoms with Gasteiger partial charge < -0.3 is 14.8 Å². The lowest BCUT2D eigenvalue weighted by Gasteiger charge is -2.31. The normalized spacial score (nSPS) is 17.3. The summed E-state index contributed by atoms with van der Waals surface area (Å²) in [6, 6.07) is 7.47. The molecule has 154 valence electrons. The van der Waals surface area contributed by atoms with Crippen LogP contribution >= 0.6 is 0 Å². The molecular formula is C18H20N4O6S. The Hall–Kier alpha value is -2.92. The van der Waals surface area contributed by atoms with Crippen molar-refractivity contribution in [1.29, 1.82) is 0 Å².